The number of esters is 1. The maximum atomic E-state index is 12.1. The Kier molecular flexibility index (Phi) is 5.14. The van der Waals surface area contributed by atoms with Gasteiger partial charge in [-0.2, -0.15) is 0 Å². The van der Waals surface area contributed by atoms with E-state index < -0.39 is 17.8 Å². The minimum atomic E-state index is -1.10. The highest BCUT2D eigenvalue weighted by atomic mass is 16.5. The van der Waals surface area contributed by atoms with Gasteiger partial charge in [-0.1, -0.05) is 42.5 Å². The molecule has 2 rings (SSSR count). The van der Waals surface area contributed by atoms with Gasteiger partial charge in [-0.25, -0.2) is 0 Å². The van der Waals surface area contributed by atoms with Gasteiger partial charge in [0.15, 0.2) is 5.92 Å². The first-order chi connectivity index (χ1) is 10.6. The predicted octanol–water partition coefficient (Wildman–Crippen LogP) is 2.01. The Bertz CT molecular complexity index is 637. The third-order valence-electron chi connectivity index (χ3n) is 3.19. The quantitative estimate of drug-likeness (QED) is 0.653. The van der Waals surface area contributed by atoms with Crippen LogP contribution in [0.1, 0.15) is 17.0 Å². The van der Waals surface area contributed by atoms with Crippen LogP contribution in [0.2, 0.25) is 0 Å². The van der Waals surface area contributed by atoms with E-state index in [1.807, 2.05) is 0 Å². The minimum Gasteiger partial charge on any atom is -0.497 e. The van der Waals surface area contributed by atoms with Crippen molar-refractivity contribution in [2.45, 2.75) is 12.5 Å². The number of primary amides is 1. The summed E-state index contributed by atoms with van der Waals surface area (Å²) in [5, 5.41) is 0. The third-order valence-corrected chi connectivity index (χ3v) is 3.19. The van der Waals surface area contributed by atoms with E-state index in [2.05, 4.69) is 0 Å². The molecule has 5 nitrogen and oxygen atoms in total. The summed E-state index contributed by atoms with van der Waals surface area (Å²) in [6, 6.07) is 15.7. The number of hydrogen-bond acceptors (Lipinski definition) is 4. The Morgan fingerprint density at radius 3 is 2.23 bits per heavy atom. The highest BCUT2D eigenvalue weighted by Crippen LogP contribution is 2.18. The van der Waals surface area contributed by atoms with Gasteiger partial charge in [-0.3, -0.25) is 9.59 Å². The summed E-state index contributed by atoms with van der Waals surface area (Å²) >= 11 is 0. The lowest BCUT2D eigenvalue weighted by atomic mass is 9.99. The van der Waals surface area contributed by atoms with Crippen molar-refractivity contribution in [3.8, 4) is 5.75 Å². The minimum absolute atomic E-state index is 0.0689. The smallest absolute Gasteiger partial charge is 0.323 e. The van der Waals surface area contributed by atoms with Gasteiger partial charge in [0.25, 0.3) is 0 Å². The summed E-state index contributed by atoms with van der Waals surface area (Å²) in [6.45, 7) is 0.0689. The number of amides is 1. The Labute approximate surface area is 128 Å². The van der Waals surface area contributed by atoms with Gasteiger partial charge in [0, 0.05) is 0 Å². The first kappa shape index (κ1) is 15.6. The standard InChI is InChI=1S/C17H17NO4/c1-21-14-9-7-12(8-10-14)11-22-17(20)15(16(18)19)13-5-3-2-4-6-13/h2-10,15H,11H2,1H3,(H2,18,19). The van der Waals surface area contributed by atoms with Crippen molar-refractivity contribution in [1.82, 2.24) is 0 Å². The van der Waals surface area contributed by atoms with Gasteiger partial charge in [0.1, 0.15) is 12.4 Å². The molecule has 0 radical (unpaired) electrons. The monoisotopic (exact) mass is 299 g/mol. The molecule has 0 heterocycles. The van der Waals surface area contributed by atoms with Crippen molar-refractivity contribution in [3.05, 3.63) is 65.7 Å². The van der Waals surface area contributed by atoms with E-state index in [0.29, 0.717) is 5.56 Å². The Balaban J connectivity index is 2.04. The first-order valence-corrected chi connectivity index (χ1v) is 6.75. The molecule has 1 atom stereocenters. The maximum Gasteiger partial charge on any atom is 0.323 e. The fourth-order valence-electron chi connectivity index (χ4n) is 2.02. The van der Waals surface area contributed by atoms with Crippen LogP contribution in [0.3, 0.4) is 0 Å². The molecule has 0 aromatic heterocycles. The van der Waals surface area contributed by atoms with Crippen molar-refractivity contribution in [3.63, 3.8) is 0 Å². The van der Waals surface area contributed by atoms with Crippen LogP contribution >= 0.6 is 0 Å². The summed E-state index contributed by atoms with van der Waals surface area (Å²) in [7, 11) is 1.58. The lowest BCUT2D eigenvalue weighted by Gasteiger charge is -2.13. The number of carbonyl (C=O) groups is 2. The van der Waals surface area contributed by atoms with E-state index in [4.69, 9.17) is 15.2 Å². The molecule has 5 heteroatoms. The Hall–Kier alpha value is -2.82. The molecular weight excluding hydrogens is 282 g/mol. The Morgan fingerprint density at radius 1 is 1.05 bits per heavy atom. The van der Waals surface area contributed by atoms with Crippen LogP contribution in [-0.4, -0.2) is 19.0 Å². The number of methoxy groups -OCH3 is 1. The molecule has 2 aromatic rings. The summed E-state index contributed by atoms with van der Waals surface area (Å²) < 4.78 is 10.3. The average Bonchev–Trinajstić information content (AvgIpc) is 2.54. The zero-order chi connectivity index (χ0) is 15.9. The summed E-state index contributed by atoms with van der Waals surface area (Å²) in [5.41, 5.74) is 6.64. The van der Waals surface area contributed by atoms with Gasteiger partial charge in [-0.15, -0.1) is 0 Å². The molecular formula is C17H17NO4. The molecule has 0 aliphatic heterocycles. The Morgan fingerprint density at radius 2 is 1.68 bits per heavy atom. The molecule has 1 amide bonds. The molecule has 2 N–H and O–H groups in total. The van der Waals surface area contributed by atoms with Crippen molar-refractivity contribution >= 4 is 11.9 Å². The zero-order valence-corrected chi connectivity index (χ0v) is 12.2. The molecule has 0 spiro atoms. The van der Waals surface area contributed by atoms with Crippen LogP contribution in [0.25, 0.3) is 0 Å². The van der Waals surface area contributed by atoms with Crippen molar-refractivity contribution < 1.29 is 19.1 Å². The summed E-state index contributed by atoms with van der Waals surface area (Å²) in [4.78, 5) is 23.7. The molecule has 114 valence electrons. The van der Waals surface area contributed by atoms with Crippen molar-refractivity contribution in [2.24, 2.45) is 5.73 Å². The zero-order valence-electron chi connectivity index (χ0n) is 12.2. The number of hydrogen-bond donors (Lipinski definition) is 1. The van der Waals surface area contributed by atoms with E-state index >= 15 is 0 Å². The SMILES string of the molecule is COc1ccc(COC(=O)C(C(N)=O)c2ccccc2)cc1. The van der Waals surface area contributed by atoms with Crippen molar-refractivity contribution in [1.29, 1.82) is 0 Å². The van der Waals surface area contributed by atoms with Crippen LogP contribution in [0.4, 0.5) is 0 Å². The molecule has 0 saturated carbocycles. The fourth-order valence-corrected chi connectivity index (χ4v) is 2.02. The topological polar surface area (TPSA) is 78.6 Å². The van der Waals surface area contributed by atoms with Crippen molar-refractivity contribution in [2.75, 3.05) is 7.11 Å². The second kappa shape index (κ2) is 7.26. The highest BCUT2D eigenvalue weighted by molar-refractivity contribution is 6.02. The number of carbonyl (C=O) groups excluding carboxylic acids is 2. The van der Waals surface area contributed by atoms with Gasteiger partial charge in [0.05, 0.1) is 7.11 Å². The number of rotatable bonds is 6. The van der Waals surface area contributed by atoms with E-state index in [1.54, 1.807) is 61.7 Å². The lowest BCUT2D eigenvalue weighted by molar-refractivity contribution is -0.149. The molecule has 0 aliphatic carbocycles. The molecule has 0 saturated heterocycles. The van der Waals surface area contributed by atoms with Gasteiger partial charge < -0.3 is 15.2 Å². The number of ether oxygens (including phenoxy) is 2. The van der Waals surface area contributed by atoms with Crippen LogP contribution < -0.4 is 10.5 Å². The first-order valence-electron chi connectivity index (χ1n) is 6.75. The lowest BCUT2D eigenvalue weighted by Crippen LogP contribution is -2.29. The highest BCUT2D eigenvalue weighted by Gasteiger charge is 2.27. The van der Waals surface area contributed by atoms with Crippen LogP contribution in [0.15, 0.2) is 54.6 Å². The normalized spacial score (nSPS) is 11.5. The van der Waals surface area contributed by atoms with Crippen LogP contribution in [-0.2, 0) is 20.9 Å². The van der Waals surface area contributed by atoms with Crippen LogP contribution in [0, 0.1) is 0 Å². The fraction of sp³-hybridized carbons (Fsp3) is 0.176. The second-order valence-corrected chi connectivity index (χ2v) is 4.70. The average molecular weight is 299 g/mol. The number of benzene rings is 2. The third kappa shape index (κ3) is 3.85. The maximum absolute atomic E-state index is 12.1. The van der Waals surface area contributed by atoms with E-state index in [9.17, 15) is 9.59 Å². The molecule has 0 aliphatic rings. The van der Waals surface area contributed by atoms with E-state index in [1.165, 1.54) is 0 Å². The van der Waals surface area contributed by atoms with Gasteiger partial charge in [-0.05, 0) is 23.3 Å². The molecule has 22 heavy (non-hydrogen) atoms. The van der Waals surface area contributed by atoms with E-state index in [0.717, 1.165) is 11.3 Å². The van der Waals surface area contributed by atoms with Gasteiger partial charge in [0.2, 0.25) is 5.91 Å². The molecule has 1 unspecified atom stereocenters. The van der Waals surface area contributed by atoms with E-state index in [-0.39, 0.29) is 6.61 Å². The predicted molar refractivity (Wildman–Crippen MR) is 81.2 cm³/mol. The molecule has 0 fully saturated rings. The summed E-state index contributed by atoms with van der Waals surface area (Å²) in [5.74, 6) is -1.77. The van der Waals surface area contributed by atoms with Crippen LogP contribution in [0.5, 0.6) is 5.75 Å². The summed E-state index contributed by atoms with van der Waals surface area (Å²) in [6.07, 6.45) is 0. The molecule has 0 bridgehead atoms. The number of nitrogens with two attached hydrogens (primary N) is 1. The largest absolute Gasteiger partial charge is 0.497 e. The molecule has 2 aromatic carbocycles. The second-order valence-electron chi connectivity index (χ2n) is 4.70. The van der Waals surface area contributed by atoms with Gasteiger partial charge >= 0.3 is 5.97 Å².